The number of allylic oxidation sites excluding steroid dienone is 1. The van der Waals surface area contributed by atoms with Crippen LogP contribution in [0.2, 0.25) is 0 Å². The molecule has 1 amide bonds. The molecule has 2 aromatic heterocycles. The summed E-state index contributed by atoms with van der Waals surface area (Å²) >= 11 is 1.47. The Morgan fingerprint density at radius 3 is 2.39 bits per heavy atom. The molecular formula is C34H32N4O5S. The summed E-state index contributed by atoms with van der Waals surface area (Å²) in [6.07, 6.45) is 1.31. The third kappa shape index (κ3) is 6.11. The molecule has 0 fully saturated rings. The molecule has 0 unspecified atom stereocenters. The van der Waals surface area contributed by atoms with Crippen molar-refractivity contribution in [1.29, 1.82) is 0 Å². The van der Waals surface area contributed by atoms with Crippen molar-refractivity contribution in [2.24, 2.45) is 5.16 Å². The average Bonchev–Trinajstić information content (AvgIpc) is 3.50. The van der Waals surface area contributed by atoms with Gasteiger partial charge in [-0.2, -0.15) is 0 Å². The third-order valence-electron chi connectivity index (χ3n) is 7.31. The number of methoxy groups -OCH3 is 1. The van der Waals surface area contributed by atoms with Crippen LogP contribution in [0.4, 0.5) is 0 Å². The molecular weight excluding hydrogens is 576 g/mol. The summed E-state index contributed by atoms with van der Waals surface area (Å²) in [7, 11) is 3.01. The minimum Gasteiger partial charge on any atom is -0.497 e. The maximum Gasteiger partial charge on any atom is 0.332 e. The molecule has 1 N–H and O–H groups in total. The molecule has 224 valence electrons. The van der Waals surface area contributed by atoms with Crippen LogP contribution in [0.3, 0.4) is 0 Å². The lowest BCUT2D eigenvalue weighted by atomic mass is 9.98. The zero-order valence-corrected chi connectivity index (χ0v) is 25.5. The number of thiophene rings is 1. The van der Waals surface area contributed by atoms with Gasteiger partial charge in [-0.25, -0.2) is 4.79 Å². The Bertz CT molecular complexity index is 1970. The molecule has 9 nitrogen and oxygen atoms in total. The minimum atomic E-state index is -0.392. The largest absolute Gasteiger partial charge is 0.497 e. The zero-order chi connectivity index (χ0) is 31.2. The Hall–Kier alpha value is -5.22. The maximum absolute atomic E-state index is 13.9. The molecule has 0 aliphatic carbocycles. The second-order valence-electron chi connectivity index (χ2n) is 10.0. The lowest BCUT2D eigenvalue weighted by Crippen LogP contribution is -2.40. The number of aryl methyl sites for hydroxylation is 1. The quantitative estimate of drug-likeness (QED) is 0.0952. The van der Waals surface area contributed by atoms with Gasteiger partial charge < -0.3 is 14.9 Å². The van der Waals surface area contributed by atoms with Crippen LogP contribution in [0.5, 0.6) is 5.75 Å². The molecule has 0 spiro atoms. The van der Waals surface area contributed by atoms with Crippen LogP contribution in [0.25, 0.3) is 26.9 Å². The molecule has 3 aromatic carbocycles. The van der Waals surface area contributed by atoms with Crippen LogP contribution in [0.1, 0.15) is 28.5 Å². The number of nitrogens with zero attached hydrogens (tertiary/aromatic N) is 3. The van der Waals surface area contributed by atoms with Gasteiger partial charge in [0.2, 0.25) is 6.41 Å². The molecule has 0 radical (unpaired) electrons. The first-order chi connectivity index (χ1) is 21.4. The molecule has 2 heterocycles. The highest BCUT2D eigenvalue weighted by Crippen LogP contribution is 2.27. The van der Waals surface area contributed by atoms with Crippen molar-refractivity contribution in [3.05, 3.63) is 128 Å². The zero-order valence-electron chi connectivity index (χ0n) is 24.7. The fourth-order valence-electron chi connectivity index (χ4n) is 5.03. The molecule has 0 aliphatic rings. The molecule has 0 atom stereocenters. The standard InChI is InChI=1S/C34H32N4O5S/c1-5-27-18-30-32(40)37(19-22(2)24-14-16-26(42-3)17-15-24)34(41)38(33(30)44-27)20-23-10-12-25(13-11-23)28-8-6-7-9-29(28)31(35-21-39)36-43-4/h6-18,21H,2,5,19-20H2,1,3-4H3,(H,35,36,39). The van der Waals surface area contributed by atoms with Crippen molar-refractivity contribution in [2.75, 3.05) is 14.2 Å². The van der Waals surface area contributed by atoms with E-state index in [-0.39, 0.29) is 18.6 Å². The number of aromatic nitrogens is 2. The molecule has 5 rings (SSSR count). The Kier molecular flexibility index (Phi) is 9.20. The van der Waals surface area contributed by atoms with Gasteiger partial charge in [-0.3, -0.25) is 18.7 Å². The van der Waals surface area contributed by atoms with E-state index in [9.17, 15) is 14.4 Å². The van der Waals surface area contributed by atoms with Crippen molar-refractivity contribution in [1.82, 2.24) is 14.5 Å². The van der Waals surface area contributed by atoms with E-state index in [1.165, 1.54) is 23.0 Å². The Morgan fingerprint density at radius 1 is 1.00 bits per heavy atom. The first-order valence-electron chi connectivity index (χ1n) is 14.0. The second-order valence-corrected chi connectivity index (χ2v) is 11.1. The lowest BCUT2D eigenvalue weighted by molar-refractivity contribution is -0.108. The van der Waals surface area contributed by atoms with Gasteiger partial charge in [-0.15, -0.1) is 11.3 Å². The van der Waals surface area contributed by atoms with E-state index in [1.54, 1.807) is 11.7 Å². The Morgan fingerprint density at radius 2 is 1.73 bits per heavy atom. The van der Waals surface area contributed by atoms with Crippen LogP contribution < -0.4 is 21.3 Å². The molecule has 0 saturated carbocycles. The number of ether oxygens (including phenoxy) is 1. The highest BCUT2D eigenvalue weighted by Gasteiger charge is 2.18. The number of amidine groups is 1. The highest BCUT2D eigenvalue weighted by molar-refractivity contribution is 7.18. The van der Waals surface area contributed by atoms with Crippen LogP contribution in [-0.4, -0.2) is 35.6 Å². The van der Waals surface area contributed by atoms with Crippen LogP contribution >= 0.6 is 11.3 Å². The number of amides is 1. The van der Waals surface area contributed by atoms with E-state index < -0.39 is 5.69 Å². The predicted octanol–water partition coefficient (Wildman–Crippen LogP) is 5.28. The summed E-state index contributed by atoms with van der Waals surface area (Å²) < 4.78 is 8.18. The fraction of sp³-hybridized carbons (Fsp3) is 0.176. The SMILES string of the molecule is C=C(Cn1c(=O)c2cc(CC)sc2n(Cc2ccc(-c3ccccc3/C(=N/OC)NC=O)cc2)c1=O)c1ccc(OC)cc1. The summed E-state index contributed by atoms with van der Waals surface area (Å²) in [5.74, 6) is 1.00. The maximum atomic E-state index is 13.9. The van der Waals surface area contributed by atoms with Crippen LogP contribution in [-0.2, 0) is 29.1 Å². The monoisotopic (exact) mass is 608 g/mol. The lowest BCUT2D eigenvalue weighted by Gasteiger charge is -2.14. The van der Waals surface area contributed by atoms with Crippen molar-refractivity contribution in [2.45, 2.75) is 26.4 Å². The van der Waals surface area contributed by atoms with Gasteiger partial charge in [-0.05, 0) is 52.4 Å². The summed E-state index contributed by atoms with van der Waals surface area (Å²) in [4.78, 5) is 45.3. The number of carbonyl (C=O) groups is 1. The van der Waals surface area contributed by atoms with Gasteiger partial charge in [0.15, 0.2) is 5.84 Å². The highest BCUT2D eigenvalue weighted by atomic mass is 32.1. The topological polar surface area (TPSA) is 104 Å². The first kappa shape index (κ1) is 30.2. The minimum absolute atomic E-state index is 0.0626. The number of rotatable bonds is 11. The number of fused-ring (bicyclic) bond motifs is 1. The van der Waals surface area contributed by atoms with Gasteiger partial charge in [0.1, 0.15) is 17.7 Å². The summed E-state index contributed by atoms with van der Waals surface area (Å²) in [5.41, 5.74) is 4.07. The van der Waals surface area contributed by atoms with E-state index in [0.29, 0.717) is 39.3 Å². The third-order valence-corrected chi connectivity index (χ3v) is 8.61. The van der Waals surface area contributed by atoms with E-state index >= 15 is 0 Å². The smallest absolute Gasteiger partial charge is 0.332 e. The molecule has 5 aromatic rings. The van der Waals surface area contributed by atoms with Crippen molar-refractivity contribution >= 4 is 39.4 Å². The van der Waals surface area contributed by atoms with Crippen molar-refractivity contribution < 1.29 is 14.4 Å². The molecule has 0 saturated heterocycles. The molecule has 0 aliphatic heterocycles. The normalized spacial score (nSPS) is 11.4. The van der Waals surface area contributed by atoms with E-state index in [2.05, 4.69) is 17.1 Å². The summed E-state index contributed by atoms with van der Waals surface area (Å²) in [5, 5.41) is 7.06. The fourth-order valence-corrected chi connectivity index (χ4v) is 6.10. The summed E-state index contributed by atoms with van der Waals surface area (Å²) in [6.45, 7) is 6.54. The predicted molar refractivity (Wildman–Crippen MR) is 175 cm³/mol. The van der Waals surface area contributed by atoms with Gasteiger partial charge in [0.05, 0.1) is 25.6 Å². The number of benzene rings is 3. The molecule has 0 bridgehead atoms. The number of nitrogens with one attached hydrogen (secondary N) is 1. The van der Waals surface area contributed by atoms with Gasteiger partial charge >= 0.3 is 5.69 Å². The van der Waals surface area contributed by atoms with Crippen molar-refractivity contribution in [3.63, 3.8) is 0 Å². The molecule has 44 heavy (non-hydrogen) atoms. The number of oxime groups is 1. The Labute approximate surface area is 258 Å². The average molecular weight is 609 g/mol. The van der Waals surface area contributed by atoms with Gasteiger partial charge in [0, 0.05) is 10.4 Å². The van der Waals surface area contributed by atoms with Crippen LogP contribution in [0, 0.1) is 0 Å². The van der Waals surface area contributed by atoms with E-state index in [4.69, 9.17) is 9.57 Å². The Balaban J connectivity index is 1.52. The van der Waals surface area contributed by atoms with Crippen molar-refractivity contribution in [3.8, 4) is 16.9 Å². The van der Waals surface area contributed by atoms with Crippen LogP contribution in [0.15, 0.2) is 100 Å². The van der Waals surface area contributed by atoms with Gasteiger partial charge in [0.25, 0.3) is 5.56 Å². The number of hydrogen-bond donors (Lipinski definition) is 1. The number of hydrogen-bond acceptors (Lipinski definition) is 7. The molecule has 10 heteroatoms. The summed E-state index contributed by atoms with van der Waals surface area (Å²) in [6, 6.07) is 24.6. The first-order valence-corrected chi connectivity index (χ1v) is 14.8. The van der Waals surface area contributed by atoms with Gasteiger partial charge in [-0.1, -0.05) is 79.3 Å². The number of carbonyl (C=O) groups excluding carboxylic acids is 1. The second kappa shape index (κ2) is 13.4. The van der Waals surface area contributed by atoms with E-state index in [1.807, 2.05) is 85.8 Å². The van der Waals surface area contributed by atoms with E-state index in [0.717, 1.165) is 33.6 Å².